The van der Waals surface area contributed by atoms with Crippen LogP contribution in [0, 0.1) is 0 Å². The molecule has 0 radical (unpaired) electrons. The Labute approximate surface area is 87.9 Å². The molecule has 4 heteroatoms. The topological polar surface area (TPSA) is 58.6 Å². The first kappa shape index (κ1) is 9.83. The van der Waals surface area contributed by atoms with E-state index in [1.807, 2.05) is 6.07 Å². The van der Waals surface area contributed by atoms with Gasteiger partial charge in [-0.25, -0.2) is 0 Å². The molecule has 1 aliphatic rings. The molecule has 0 bridgehead atoms. The number of anilines is 1. The Morgan fingerprint density at radius 3 is 3.20 bits per heavy atom. The second kappa shape index (κ2) is 3.81. The number of ether oxygens (including phenoxy) is 1. The van der Waals surface area contributed by atoms with Crippen molar-refractivity contribution in [1.82, 2.24) is 0 Å². The molecular weight excluding hydrogens is 194 g/mol. The zero-order valence-electron chi connectivity index (χ0n) is 8.49. The van der Waals surface area contributed by atoms with Crippen LogP contribution in [0.2, 0.25) is 0 Å². The van der Waals surface area contributed by atoms with E-state index in [1.54, 1.807) is 12.1 Å². The molecule has 80 valence electrons. The predicted molar refractivity (Wildman–Crippen MR) is 56.0 cm³/mol. The quantitative estimate of drug-likeness (QED) is 0.569. The molecule has 1 aliphatic heterocycles. The van der Waals surface area contributed by atoms with Gasteiger partial charge in [0.05, 0.1) is 13.5 Å². The third-order valence-electron chi connectivity index (χ3n) is 2.65. The summed E-state index contributed by atoms with van der Waals surface area (Å²) >= 11 is 0. The molecule has 0 saturated heterocycles. The molecule has 2 N–H and O–H groups in total. The van der Waals surface area contributed by atoms with Gasteiger partial charge in [-0.3, -0.25) is 4.79 Å². The van der Waals surface area contributed by atoms with Crippen molar-refractivity contribution in [3.63, 3.8) is 0 Å². The third kappa shape index (κ3) is 1.88. The van der Waals surface area contributed by atoms with Gasteiger partial charge in [0, 0.05) is 18.2 Å². The van der Waals surface area contributed by atoms with E-state index in [9.17, 15) is 9.90 Å². The summed E-state index contributed by atoms with van der Waals surface area (Å²) < 4.78 is 4.63. The van der Waals surface area contributed by atoms with E-state index in [-0.39, 0.29) is 17.6 Å². The van der Waals surface area contributed by atoms with Crippen molar-refractivity contribution in [3.05, 3.63) is 23.8 Å². The van der Waals surface area contributed by atoms with Crippen molar-refractivity contribution in [2.24, 2.45) is 0 Å². The molecule has 0 saturated carbocycles. The monoisotopic (exact) mass is 207 g/mol. The molecule has 4 nitrogen and oxygen atoms in total. The molecular formula is C11H13NO3. The Hall–Kier alpha value is -1.71. The lowest BCUT2D eigenvalue weighted by atomic mass is 9.98. The number of carbonyl (C=O) groups excluding carboxylic acids is 1. The Morgan fingerprint density at radius 1 is 1.67 bits per heavy atom. The first-order chi connectivity index (χ1) is 7.20. The van der Waals surface area contributed by atoms with Crippen LogP contribution in [-0.4, -0.2) is 24.7 Å². The number of hydrogen-bond donors (Lipinski definition) is 2. The fourth-order valence-corrected chi connectivity index (χ4v) is 1.86. The van der Waals surface area contributed by atoms with E-state index in [1.165, 1.54) is 7.11 Å². The lowest BCUT2D eigenvalue weighted by molar-refractivity contribution is -0.140. The van der Waals surface area contributed by atoms with Gasteiger partial charge in [0.25, 0.3) is 0 Å². The molecule has 1 unspecified atom stereocenters. The number of aromatic hydroxyl groups is 1. The van der Waals surface area contributed by atoms with Crippen molar-refractivity contribution < 1.29 is 14.6 Å². The van der Waals surface area contributed by atoms with E-state index < -0.39 is 0 Å². The van der Waals surface area contributed by atoms with Gasteiger partial charge in [-0.2, -0.15) is 0 Å². The number of phenolic OH excluding ortho intramolecular Hbond substituents is 1. The highest BCUT2D eigenvalue weighted by molar-refractivity contribution is 5.72. The molecule has 15 heavy (non-hydrogen) atoms. The van der Waals surface area contributed by atoms with Crippen LogP contribution in [-0.2, 0) is 9.53 Å². The molecule has 0 amide bonds. The first-order valence-corrected chi connectivity index (χ1v) is 4.84. The van der Waals surface area contributed by atoms with Gasteiger partial charge in [-0.1, -0.05) is 0 Å². The summed E-state index contributed by atoms with van der Waals surface area (Å²) in [7, 11) is 1.38. The van der Waals surface area contributed by atoms with Gasteiger partial charge >= 0.3 is 5.97 Å². The van der Waals surface area contributed by atoms with Crippen molar-refractivity contribution >= 4 is 11.7 Å². The molecule has 1 aromatic carbocycles. The Bertz CT molecular complexity index is 389. The summed E-state index contributed by atoms with van der Waals surface area (Å²) in [4.78, 5) is 11.2. The number of phenols is 1. The van der Waals surface area contributed by atoms with Gasteiger partial charge in [-0.15, -0.1) is 0 Å². The van der Waals surface area contributed by atoms with Crippen LogP contribution in [0.1, 0.15) is 17.9 Å². The fraction of sp³-hybridized carbons (Fsp3) is 0.364. The average molecular weight is 207 g/mol. The molecule has 0 fully saturated rings. The lowest BCUT2D eigenvalue weighted by Gasteiger charge is -2.08. The maximum Gasteiger partial charge on any atom is 0.306 e. The number of hydrogen-bond acceptors (Lipinski definition) is 4. The van der Waals surface area contributed by atoms with Crippen LogP contribution < -0.4 is 5.32 Å². The number of methoxy groups -OCH3 is 1. The van der Waals surface area contributed by atoms with Crippen LogP contribution >= 0.6 is 0 Å². The van der Waals surface area contributed by atoms with Crippen LogP contribution in [0.25, 0.3) is 0 Å². The van der Waals surface area contributed by atoms with Gasteiger partial charge in [0.1, 0.15) is 5.75 Å². The maximum atomic E-state index is 11.2. The second-order valence-electron chi connectivity index (χ2n) is 3.63. The largest absolute Gasteiger partial charge is 0.508 e. The second-order valence-corrected chi connectivity index (χ2v) is 3.63. The van der Waals surface area contributed by atoms with Gasteiger partial charge < -0.3 is 15.2 Å². The number of nitrogens with one attached hydrogen (secondary N) is 1. The van der Waals surface area contributed by atoms with E-state index >= 15 is 0 Å². The molecule has 0 aliphatic carbocycles. The molecule has 0 aromatic heterocycles. The van der Waals surface area contributed by atoms with Gasteiger partial charge in [0.15, 0.2) is 0 Å². The smallest absolute Gasteiger partial charge is 0.306 e. The summed E-state index contributed by atoms with van der Waals surface area (Å²) in [5.74, 6) is 0.102. The van der Waals surface area contributed by atoms with E-state index in [2.05, 4.69) is 10.1 Å². The molecule has 0 spiro atoms. The molecule has 1 heterocycles. The zero-order chi connectivity index (χ0) is 10.8. The normalized spacial score (nSPS) is 18.1. The Kier molecular flexibility index (Phi) is 2.49. The van der Waals surface area contributed by atoms with Crippen molar-refractivity contribution in [1.29, 1.82) is 0 Å². The zero-order valence-corrected chi connectivity index (χ0v) is 8.49. The fourth-order valence-electron chi connectivity index (χ4n) is 1.86. The third-order valence-corrected chi connectivity index (χ3v) is 2.65. The van der Waals surface area contributed by atoms with E-state index in [0.29, 0.717) is 13.0 Å². The van der Waals surface area contributed by atoms with Crippen LogP contribution in [0.3, 0.4) is 0 Å². The number of fused-ring (bicyclic) bond motifs is 1. The lowest BCUT2D eigenvalue weighted by Crippen LogP contribution is -2.10. The Morgan fingerprint density at radius 2 is 2.47 bits per heavy atom. The molecule has 2 rings (SSSR count). The van der Waals surface area contributed by atoms with Gasteiger partial charge in [0.2, 0.25) is 0 Å². The van der Waals surface area contributed by atoms with Crippen molar-refractivity contribution in [2.45, 2.75) is 12.3 Å². The van der Waals surface area contributed by atoms with Gasteiger partial charge in [-0.05, 0) is 23.8 Å². The minimum absolute atomic E-state index is 0.0968. The number of benzene rings is 1. The SMILES string of the molecule is COC(=O)CC1CNc2ccc(O)cc21. The van der Waals surface area contributed by atoms with Crippen molar-refractivity contribution in [3.8, 4) is 5.75 Å². The summed E-state index contributed by atoms with van der Waals surface area (Å²) in [6.45, 7) is 0.716. The van der Waals surface area contributed by atoms with Crippen LogP contribution in [0.15, 0.2) is 18.2 Å². The van der Waals surface area contributed by atoms with E-state index in [4.69, 9.17) is 0 Å². The average Bonchev–Trinajstić information content (AvgIpc) is 2.61. The first-order valence-electron chi connectivity index (χ1n) is 4.84. The summed E-state index contributed by atoms with van der Waals surface area (Å²) in [6, 6.07) is 5.15. The van der Waals surface area contributed by atoms with Crippen LogP contribution in [0.4, 0.5) is 5.69 Å². The molecule has 1 aromatic rings. The highest BCUT2D eigenvalue weighted by atomic mass is 16.5. The summed E-state index contributed by atoms with van der Waals surface area (Å²) in [5.41, 5.74) is 1.97. The van der Waals surface area contributed by atoms with E-state index in [0.717, 1.165) is 11.3 Å². The Balaban J connectivity index is 2.20. The minimum Gasteiger partial charge on any atom is -0.508 e. The summed E-state index contributed by atoms with van der Waals surface area (Å²) in [5, 5.41) is 12.5. The number of carbonyl (C=O) groups is 1. The molecule has 1 atom stereocenters. The maximum absolute atomic E-state index is 11.2. The standard InChI is InChI=1S/C11H13NO3/c1-15-11(14)4-7-6-12-10-3-2-8(13)5-9(7)10/h2-3,5,7,12-13H,4,6H2,1H3. The van der Waals surface area contributed by atoms with Crippen molar-refractivity contribution in [2.75, 3.05) is 19.0 Å². The van der Waals surface area contributed by atoms with Crippen LogP contribution in [0.5, 0.6) is 5.75 Å². The minimum atomic E-state index is -0.224. The predicted octanol–water partition coefficient (Wildman–Crippen LogP) is 1.46. The highest BCUT2D eigenvalue weighted by Crippen LogP contribution is 2.35. The number of rotatable bonds is 2. The number of esters is 1. The summed E-state index contributed by atoms with van der Waals surface area (Å²) in [6.07, 6.45) is 0.347. The highest BCUT2D eigenvalue weighted by Gasteiger charge is 2.24.